The topological polar surface area (TPSA) is 84.9 Å². The zero-order valence-corrected chi connectivity index (χ0v) is 17.3. The van der Waals surface area contributed by atoms with E-state index in [0.717, 1.165) is 30.5 Å². The van der Waals surface area contributed by atoms with Crippen LogP contribution in [0.25, 0.3) is 0 Å². The first kappa shape index (κ1) is 20.9. The summed E-state index contributed by atoms with van der Waals surface area (Å²) in [5, 5.41) is 2.81. The Morgan fingerprint density at radius 3 is 2.55 bits per heavy atom. The van der Waals surface area contributed by atoms with Gasteiger partial charge in [-0.25, -0.2) is 4.79 Å². The quantitative estimate of drug-likeness (QED) is 0.723. The average molecular weight is 422 g/mol. The molecule has 0 saturated carbocycles. The van der Waals surface area contributed by atoms with Crippen molar-refractivity contribution >= 4 is 23.5 Å². The number of likely N-dealkylation sites (tertiary alicyclic amines) is 1. The van der Waals surface area contributed by atoms with Gasteiger partial charge in [0, 0.05) is 30.8 Å². The number of aryl methyl sites for hydroxylation is 1. The molecule has 0 radical (unpaired) electrons. The molecule has 7 nitrogen and oxygen atoms in total. The number of anilines is 1. The zero-order chi connectivity index (χ0) is 21.6. The Morgan fingerprint density at radius 2 is 1.77 bits per heavy atom. The summed E-state index contributed by atoms with van der Waals surface area (Å²) in [6.07, 6.45) is 3.11. The van der Waals surface area contributed by atoms with Gasteiger partial charge in [-0.15, -0.1) is 0 Å². The van der Waals surface area contributed by atoms with E-state index < -0.39 is 12.1 Å². The third kappa shape index (κ3) is 5.23. The summed E-state index contributed by atoms with van der Waals surface area (Å²) in [7, 11) is 0. The number of fused-ring (bicyclic) bond motifs is 1. The van der Waals surface area contributed by atoms with E-state index >= 15 is 0 Å². The fourth-order valence-corrected chi connectivity index (χ4v) is 3.93. The number of amides is 2. The van der Waals surface area contributed by atoms with E-state index in [2.05, 4.69) is 5.32 Å². The molecule has 2 aromatic carbocycles. The van der Waals surface area contributed by atoms with Crippen molar-refractivity contribution in [3.8, 4) is 5.75 Å². The Hall–Kier alpha value is -3.35. The second kappa shape index (κ2) is 9.64. The van der Waals surface area contributed by atoms with Crippen LogP contribution in [0.3, 0.4) is 0 Å². The summed E-state index contributed by atoms with van der Waals surface area (Å²) in [4.78, 5) is 38.9. The second-order valence-corrected chi connectivity index (χ2v) is 7.82. The van der Waals surface area contributed by atoms with Crippen molar-refractivity contribution in [1.82, 2.24) is 4.90 Å². The first-order chi connectivity index (χ1) is 15.1. The van der Waals surface area contributed by atoms with Gasteiger partial charge in [-0.1, -0.05) is 30.3 Å². The van der Waals surface area contributed by atoms with Gasteiger partial charge in [0.25, 0.3) is 5.91 Å². The Bertz CT molecular complexity index is 954. The summed E-state index contributed by atoms with van der Waals surface area (Å²) in [5.74, 6) is -0.283. The number of nitrogens with zero attached hydrogens (tertiary/aromatic N) is 1. The Balaban J connectivity index is 1.40. The first-order valence-corrected chi connectivity index (χ1v) is 10.7. The van der Waals surface area contributed by atoms with Crippen molar-refractivity contribution in [3.63, 3.8) is 0 Å². The number of ether oxygens (including phenoxy) is 2. The van der Waals surface area contributed by atoms with Gasteiger partial charge in [0.1, 0.15) is 5.75 Å². The molecule has 2 aliphatic heterocycles. The van der Waals surface area contributed by atoms with Crippen LogP contribution >= 0.6 is 0 Å². The van der Waals surface area contributed by atoms with E-state index in [1.807, 2.05) is 24.3 Å². The van der Waals surface area contributed by atoms with Crippen molar-refractivity contribution in [2.45, 2.75) is 38.2 Å². The molecule has 1 unspecified atom stereocenters. The number of hydrogen-bond donors (Lipinski definition) is 1. The van der Waals surface area contributed by atoms with Crippen molar-refractivity contribution in [2.75, 3.05) is 25.0 Å². The summed E-state index contributed by atoms with van der Waals surface area (Å²) in [5.41, 5.74) is 2.38. The van der Waals surface area contributed by atoms with Gasteiger partial charge in [-0.2, -0.15) is 0 Å². The lowest BCUT2D eigenvalue weighted by Gasteiger charge is -2.30. The Kier molecular flexibility index (Phi) is 6.50. The number of nitrogens with one attached hydrogen (secondary N) is 1. The predicted octanol–water partition coefficient (Wildman–Crippen LogP) is 3.25. The van der Waals surface area contributed by atoms with Crippen LogP contribution in [0.2, 0.25) is 0 Å². The molecule has 0 aromatic heterocycles. The minimum Gasteiger partial charge on any atom is -0.482 e. The summed E-state index contributed by atoms with van der Waals surface area (Å²) in [6.45, 7) is 1.06. The standard InChI is InChI=1S/C24H26N2O5/c27-21-12-9-18-15-19(10-11-20(18)25-21)30-16-22(28)31-23(17-7-3-1-4-8-17)24(29)26-13-5-2-6-14-26/h1,3-4,7-8,10-11,15,23H,2,5-6,9,12-14,16H2,(H,25,27). The van der Waals surface area contributed by atoms with Crippen molar-refractivity contribution < 1.29 is 23.9 Å². The molecule has 2 aliphatic rings. The maximum absolute atomic E-state index is 13.1. The molecule has 1 atom stereocenters. The molecule has 31 heavy (non-hydrogen) atoms. The van der Waals surface area contributed by atoms with Gasteiger partial charge in [0.05, 0.1) is 0 Å². The van der Waals surface area contributed by atoms with E-state index in [4.69, 9.17) is 9.47 Å². The summed E-state index contributed by atoms with van der Waals surface area (Å²) < 4.78 is 11.2. The molecule has 2 amide bonds. The molecule has 2 heterocycles. The fourth-order valence-electron chi connectivity index (χ4n) is 3.93. The highest BCUT2D eigenvalue weighted by molar-refractivity contribution is 5.94. The Morgan fingerprint density at radius 1 is 1.00 bits per heavy atom. The molecule has 0 bridgehead atoms. The van der Waals surface area contributed by atoms with Gasteiger partial charge in [0.2, 0.25) is 12.0 Å². The predicted molar refractivity (Wildman–Crippen MR) is 115 cm³/mol. The minimum atomic E-state index is -0.978. The molecule has 7 heteroatoms. The van der Waals surface area contributed by atoms with Gasteiger partial charge >= 0.3 is 5.97 Å². The monoisotopic (exact) mass is 422 g/mol. The minimum absolute atomic E-state index is 0.00456. The van der Waals surface area contributed by atoms with E-state index in [0.29, 0.717) is 37.2 Å². The molecule has 2 aromatic rings. The van der Waals surface area contributed by atoms with Crippen LogP contribution in [0.4, 0.5) is 5.69 Å². The van der Waals surface area contributed by atoms with E-state index in [1.54, 1.807) is 29.2 Å². The Labute approximate surface area is 181 Å². The van der Waals surface area contributed by atoms with E-state index in [1.165, 1.54) is 0 Å². The van der Waals surface area contributed by atoms with Crippen molar-refractivity contribution in [1.29, 1.82) is 0 Å². The molecule has 1 fully saturated rings. The number of esters is 1. The number of carbonyl (C=O) groups is 3. The molecular formula is C24H26N2O5. The average Bonchev–Trinajstić information content (AvgIpc) is 2.82. The van der Waals surface area contributed by atoms with Crippen LogP contribution in [0.1, 0.15) is 42.9 Å². The van der Waals surface area contributed by atoms with Gasteiger partial charge < -0.3 is 19.7 Å². The fraction of sp³-hybridized carbons (Fsp3) is 0.375. The van der Waals surface area contributed by atoms with Gasteiger partial charge in [0.15, 0.2) is 6.61 Å². The normalized spacial score (nSPS) is 16.6. The number of benzene rings is 2. The number of piperidine rings is 1. The number of hydrogen-bond acceptors (Lipinski definition) is 5. The van der Waals surface area contributed by atoms with E-state index in [9.17, 15) is 14.4 Å². The van der Waals surface area contributed by atoms with Crippen LogP contribution in [-0.4, -0.2) is 42.4 Å². The van der Waals surface area contributed by atoms with Crippen molar-refractivity contribution in [2.24, 2.45) is 0 Å². The largest absolute Gasteiger partial charge is 0.482 e. The highest BCUT2D eigenvalue weighted by atomic mass is 16.6. The molecular weight excluding hydrogens is 396 g/mol. The summed E-state index contributed by atoms with van der Waals surface area (Å²) >= 11 is 0. The van der Waals surface area contributed by atoms with Crippen LogP contribution in [0, 0.1) is 0 Å². The highest BCUT2D eigenvalue weighted by Gasteiger charge is 2.30. The third-order valence-electron chi connectivity index (χ3n) is 5.57. The lowest BCUT2D eigenvalue weighted by molar-refractivity contribution is -0.163. The lowest BCUT2D eigenvalue weighted by Crippen LogP contribution is -2.40. The zero-order valence-electron chi connectivity index (χ0n) is 17.3. The van der Waals surface area contributed by atoms with Crippen molar-refractivity contribution in [3.05, 3.63) is 59.7 Å². The smallest absolute Gasteiger partial charge is 0.345 e. The maximum Gasteiger partial charge on any atom is 0.345 e. The molecule has 162 valence electrons. The van der Waals surface area contributed by atoms with E-state index in [-0.39, 0.29) is 18.4 Å². The summed E-state index contributed by atoms with van der Waals surface area (Å²) in [6, 6.07) is 14.4. The van der Waals surface area contributed by atoms with Crippen LogP contribution < -0.4 is 10.1 Å². The maximum atomic E-state index is 13.1. The number of carbonyl (C=O) groups excluding carboxylic acids is 3. The van der Waals surface area contributed by atoms with Crippen LogP contribution in [0.15, 0.2) is 48.5 Å². The van der Waals surface area contributed by atoms with Gasteiger partial charge in [-0.3, -0.25) is 9.59 Å². The molecule has 1 saturated heterocycles. The third-order valence-corrected chi connectivity index (χ3v) is 5.57. The van der Waals surface area contributed by atoms with Crippen LogP contribution in [-0.2, 0) is 25.5 Å². The van der Waals surface area contributed by atoms with Crippen LogP contribution in [0.5, 0.6) is 5.75 Å². The molecule has 0 aliphatic carbocycles. The SMILES string of the molecule is O=C1CCc2cc(OCC(=O)OC(C(=O)N3CCCCC3)c3ccccc3)ccc2N1. The number of rotatable bonds is 6. The van der Waals surface area contributed by atoms with Gasteiger partial charge in [-0.05, 0) is 49.4 Å². The second-order valence-electron chi connectivity index (χ2n) is 7.82. The molecule has 1 N–H and O–H groups in total. The molecule has 4 rings (SSSR count). The lowest BCUT2D eigenvalue weighted by atomic mass is 10.0. The molecule has 0 spiro atoms. The first-order valence-electron chi connectivity index (χ1n) is 10.7. The highest BCUT2D eigenvalue weighted by Crippen LogP contribution is 2.27.